The second kappa shape index (κ2) is 11.7. The molecule has 0 radical (unpaired) electrons. The average Bonchev–Trinajstić information content (AvgIpc) is 3.25. The Hall–Kier alpha value is -3.30. The minimum absolute atomic E-state index is 0.177. The molecule has 0 aromatic heterocycles. The minimum atomic E-state index is -5.96. The Morgan fingerprint density at radius 2 is 1.59 bits per heavy atom. The zero-order valence-electron chi connectivity index (χ0n) is 25.5. The van der Waals surface area contributed by atoms with Crippen LogP contribution in [0.1, 0.15) is 54.4 Å². The molecule has 2 heterocycles. The summed E-state index contributed by atoms with van der Waals surface area (Å²) >= 11 is 0. The molecule has 2 unspecified atom stereocenters. The molecular formula is C27H34F9N5O5. The van der Waals surface area contributed by atoms with Gasteiger partial charge in [-0.25, -0.2) is 0 Å². The number of amides is 4. The molecule has 260 valence electrons. The summed E-state index contributed by atoms with van der Waals surface area (Å²) in [6, 6.07) is -4.85. The van der Waals surface area contributed by atoms with Crippen LogP contribution in [0.5, 0.6) is 0 Å². The van der Waals surface area contributed by atoms with Gasteiger partial charge in [0, 0.05) is 29.8 Å². The molecule has 0 aromatic carbocycles. The maximum atomic E-state index is 14.1. The largest absolute Gasteiger partial charge is 0.471 e. The molecule has 7 atom stereocenters. The highest BCUT2D eigenvalue weighted by Gasteiger charge is 2.93. The van der Waals surface area contributed by atoms with Crippen LogP contribution in [-0.2, 0) is 23.9 Å². The summed E-state index contributed by atoms with van der Waals surface area (Å²) in [5.74, 6) is -12.3. The second-order valence-electron chi connectivity index (χ2n) is 13.5. The van der Waals surface area contributed by atoms with E-state index in [0.717, 1.165) is 6.92 Å². The molecule has 0 bridgehead atoms. The normalized spacial score (nSPS) is 27.5. The van der Waals surface area contributed by atoms with Crippen molar-refractivity contribution in [1.29, 1.82) is 5.26 Å². The van der Waals surface area contributed by atoms with Gasteiger partial charge in [-0.15, -0.1) is 0 Å². The molecule has 3 aliphatic rings. The minimum Gasteiger partial charge on any atom is -0.370 e. The summed E-state index contributed by atoms with van der Waals surface area (Å²) in [6.07, 6.45) is -19.3. The van der Waals surface area contributed by atoms with Gasteiger partial charge in [0.05, 0.1) is 17.8 Å². The first-order valence-electron chi connectivity index (χ1n) is 14.1. The number of rotatable bonds is 8. The van der Waals surface area contributed by atoms with Crippen molar-refractivity contribution in [1.82, 2.24) is 20.9 Å². The van der Waals surface area contributed by atoms with Gasteiger partial charge < -0.3 is 25.6 Å². The lowest BCUT2D eigenvalue weighted by Gasteiger charge is -2.38. The zero-order chi connectivity index (χ0) is 35.6. The molecule has 3 rings (SSSR count). The van der Waals surface area contributed by atoms with Gasteiger partial charge in [-0.3, -0.25) is 19.2 Å². The van der Waals surface area contributed by atoms with Crippen molar-refractivity contribution in [3.05, 3.63) is 0 Å². The summed E-state index contributed by atoms with van der Waals surface area (Å²) in [6.45, 7) is 7.27. The Morgan fingerprint density at radius 1 is 1.04 bits per heavy atom. The first-order valence-corrected chi connectivity index (χ1v) is 14.1. The first kappa shape index (κ1) is 37.2. The number of ether oxygens (including phenoxy) is 1. The predicted octanol–water partition coefficient (Wildman–Crippen LogP) is 3.12. The van der Waals surface area contributed by atoms with Crippen LogP contribution in [0.25, 0.3) is 0 Å². The molecule has 3 N–H and O–H groups in total. The van der Waals surface area contributed by atoms with Crippen LogP contribution in [0, 0.1) is 34.5 Å². The standard InChI is InChI=1S/C27H34F9N5O5/c1-11(46-22(2,3)4)16(39-21(45)25(28,29)30)20(44)41-10-14-15(24(14,26(31,32)33)27(34,35)36)17(41)19(43)38-13(9-37)7-12-8-23(5,6)40-18(12)42/h11-17H,7-8,10H2,1-6H3,(H,38,43)(H,39,45)(H,40,42)/t11?,12-,13+,14+,15?,16+,17+/m1/s1. The molecule has 1 saturated carbocycles. The number of hydrogen-bond acceptors (Lipinski definition) is 6. The highest BCUT2D eigenvalue weighted by atomic mass is 19.4. The topological polar surface area (TPSA) is 141 Å². The Labute approximate surface area is 257 Å². The number of alkyl halides is 9. The Bertz CT molecular complexity index is 1270. The highest BCUT2D eigenvalue weighted by Crippen LogP contribution is 2.77. The second-order valence-corrected chi connectivity index (χ2v) is 13.5. The van der Waals surface area contributed by atoms with E-state index in [1.807, 2.05) is 5.32 Å². The van der Waals surface area contributed by atoms with E-state index in [4.69, 9.17) is 4.74 Å². The molecule has 0 aromatic rings. The molecular weight excluding hydrogens is 645 g/mol. The fourth-order valence-corrected chi connectivity index (χ4v) is 6.70. The molecule has 46 heavy (non-hydrogen) atoms. The number of carbonyl (C=O) groups excluding carboxylic acids is 4. The van der Waals surface area contributed by atoms with Crippen molar-refractivity contribution < 1.29 is 63.4 Å². The number of halogens is 9. The Morgan fingerprint density at radius 3 is 2.00 bits per heavy atom. The molecule has 4 amide bonds. The van der Waals surface area contributed by atoms with Crippen LogP contribution in [0.15, 0.2) is 0 Å². The third kappa shape index (κ3) is 7.00. The van der Waals surface area contributed by atoms with Crippen molar-refractivity contribution >= 4 is 23.6 Å². The molecule has 10 nitrogen and oxygen atoms in total. The van der Waals surface area contributed by atoms with Crippen LogP contribution in [0.4, 0.5) is 39.5 Å². The van der Waals surface area contributed by atoms with Crippen LogP contribution in [0.2, 0.25) is 0 Å². The lowest BCUT2D eigenvalue weighted by Crippen LogP contribution is -2.62. The summed E-state index contributed by atoms with van der Waals surface area (Å²) in [4.78, 5) is 51.6. The van der Waals surface area contributed by atoms with Gasteiger partial charge in [0.1, 0.15) is 18.1 Å². The van der Waals surface area contributed by atoms with Crippen LogP contribution >= 0.6 is 0 Å². The Kier molecular flexibility index (Phi) is 9.49. The van der Waals surface area contributed by atoms with Crippen molar-refractivity contribution in [3.8, 4) is 6.07 Å². The monoisotopic (exact) mass is 679 g/mol. The zero-order valence-corrected chi connectivity index (χ0v) is 25.5. The number of nitriles is 1. The number of piperidine rings is 1. The third-order valence-corrected chi connectivity index (χ3v) is 8.39. The number of hydrogen-bond donors (Lipinski definition) is 3. The van der Waals surface area contributed by atoms with Crippen molar-refractivity contribution in [2.24, 2.45) is 23.2 Å². The third-order valence-electron chi connectivity index (χ3n) is 8.39. The van der Waals surface area contributed by atoms with Crippen molar-refractivity contribution in [3.63, 3.8) is 0 Å². The van der Waals surface area contributed by atoms with Crippen molar-refractivity contribution in [2.45, 2.75) is 108 Å². The lowest BCUT2D eigenvalue weighted by molar-refractivity contribution is -0.314. The Balaban J connectivity index is 2.02. The van der Waals surface area contributed by atoms with Gasteiger partial charge in [-0.2, -0.15) is 44.8 Å². The molecule has 0 spiro atoms. The van der Waals surface area contributed by atoms with Crippen LogP contribution in [-0.4, -0.2) is 89.0 Å². The van der Waals surface area contributed by atoms with Crippen LogP contribution in [0.3, 0.4) is 0 Å². The summed E-state index contributed by atoms with van der Waals surface area (Å²) in [5, 5.41) is 15.7. The SMILES string of the molecule is CC(OC(C)(C)C)[C@H](NC(=O)C(F)(F)F)C(=O)N1C[C@H]2C([C@H]1C(=O)N[C@H](C#N)C[C@@H]1CC(C)(C)NC1=O)C2(C(F)(F)F)C(F)(F)F. The number of nitrogens with one attached hydrogen (secondary N) is 3. The highest BCUT2D eigenvalue weighted by molar-refractivity contribution is 5.95. The number of likely N-dealkylation sites (tertiary alicyclic amines) is 1. The van der Waals surface area contributed by atoms with Gasteiger partial charge in [0.2, 0.25) is 17.7 Å². The van der Waals surface area contributed by atoms with Gasteiger partial charge >= 0.3 is 24.4 Å². The molecule has 2 aliphatic heterocycles. The number of fused-ring (bicyclic) bond motifs is 1. The summed E-state index contributed by atoms with van der Waals surface area (Å²) < 4.78 is 130. The van der Waals surface area contributed by atoms with E-state index in [0.29, 0.717) is 0 Å². The quantitative estimate of drug-likeness (QED) is 0.337. The van der Waals surface area contributed by atoms with Gasteiger partial charge in [-0.1, -0.05) is 0 Å². The predicted molar refractivity (Wildman–Crippen MR) is 138 cm³/mol. The van der Waals surface area contributed by atoms with Crippen molar-refractivity contribution in [2.75, 3.05) is 6.54 Å². The maximum absolute atomic E-state index is 14.1. The molecule has 1 aliphatic carbocycles. The molecule has 3 fully saturated rings. The maximum Gasteiger partial charge on any atom is 0.471 e. The van der Waals surface area contributed by atoms with E-state index in [-0.39, 0.29) is 17.7 Å². The van der Waals surface area contributed by atoms with Gasteiger partial charge in [0.25, 0.3) is 0 Å². The average molecular weight is 680 g/mol. The van der Waals surface area contributed by atoms with E-state index >= 15 is 0 Å². The van der Waals surface area contributed by atoms with E-state index in [9.17, 15) is 64.0 Å². The fourth-order valence-electron chi connectivity index (χ4n) is 6.70. The van der Waals surface area contributed by atoms with E-state index in [1.54, 1.807) is 19.9 Å². The molecule has 19 heteroatoms. The van der Waals surface area contributed by atoms with Gasteiger partial charge in [0.15, 0.2) is 5.41 Å². The van der Waals surface area contributed by atoms with Gasteiger partial charge in [-0.05, 0) is 54.4 Å². The van der Waals surface area contributed by atoms with E-state index < -0.39 is 107 Å². The first-order chi connectivity index (χ1) is 20.6. The van der Waals surface area contributed by atoms with E-state index in [2.05, 4.69) is 5.32 Å². The smallest absolute Gasteiger partial charge is 0.370 e. The molecule has 2 saturated heterocycles. The fraction of sp³-hybridized carbons (Fsp3) is 0.815. The van der Waals surface area contributed by atoms with Crippen LogP contribution < -0.4 is 16.0 Å². The lowest BCUT2D eigenvalue weighted by atomic mass is 9.91. The summed E-state index contributed by atoms with van der Waals surface area (Å²) in [5.41, 5.74) is -6.30. The summed E-state index contributed by atoms with van der Waals surface area (Å²) in [7, 11) is 0. The number of nitrogens with zero attached hydrogens (tertiary/aromatic N) is 2. The number of carbonyl (C=O) groups is 4. The van der Waals surface area contributed by atoms with E-state index in [1.165, 1.54) is 26.1 Å².